The molecule has 0 aliphatic rings. The predicted molar refractivity (Wildman–Crippen MR) is 89.0 cm³/mol. The minimum absolute atomic E-state index is 0.842. The van der Waals surface area contributed by atoms with Crippen molar-refractivity contribution in [2.24, 2.45) is 0 Å². The van der Waals surface area contributed by atoms with Crippen molar-refractivity contribution in [1.29, 1.82) is 0 Å². The Labute approximate surface area is 134 Å². The molecule has 0 saturated heterocycles. The zero-order valence-corrected chi connectivity index (χ0v) is 13.7. The lowest BCUT2D eigenvalue weighted by atomic mass is 10.2. The number of aryl methyl sites for hydroxylation is 3. The fourth-order valence-electron chi connectivity index (χ4n) is 2.56. The Morgan fingerprint density at radius 3 is 2.77 bits per heavy atom. The molecule has 6 heteroatoms. The first-order chi connectivity index (χ1) is 10.8. The fraction of sp³-hybridized carbons (Fsp3) is 0.375. The highest BCUT2D eigenvalue weighted by atomic mass is 32.2. The van der Waals surface area contributed by atoms with Gasteiger partial charge in [0.1, 0.15) is 11.3 Å². The zero-order valence-electron chi connectivity index (χ0n) is 12.9. The molecule has 5 nitrogen and oxygen atoms in total. The monoisotopic (exact) mass is 313 g/mol. The summed E-state index contributed by atoms with van der Waals surface area (Å²) in [6.45, 7) is 5.21. The van der Waals surface area contributed by atoms with Crippen LogP contribution in [0.4, 0.5) is 0 Å². The molecule has 0 bridgehead atoms. The maximum atomic E-state index is 4.70. The molecular weight excluding hydrogens is 294 g/mol. The van der Waals surface area contributed by atoms with E-state index in [-0.39, 0.29) is 0 Å². The van der Waals surface area contributed by atoms with Gasteiger partial charge in [-0.1, -0.05) is 18.7 Å². The molecule has 3 heterocycles. The van der Waals surface area contributed by atoms with Gasteiger partial charge in [-0.2, -0.15) is 0 Å². The number of aromatic nitrogens is 5. The summed E-state index contributed by atoms with van der Waals surface area (Å²) >= 11 is 1.70. The van der Waals surface area contributed by atoms with E-state index < -0.39 is 0 Å². The van der Waals surface area contributed by atoms with Crippen molar-refractivity contribution >= 4 is 22.8 Å². The van der Waals surface area contributed by atoms with Gasteiger partial charge in [-0.25, -0.2) is 15.0 Å². The minimum atomic E-state index is 0.842. The molecule has 22 heavy (non-hydrogen) atoms. The lowest BCUT2D eigenvalue weighted by molar-refractivity contribution is 0.662. The van der Waals surface area contributed by atoms with Crippen LogP contribution in [0.1, 0.15) is 24.7 Å². The molecule has 0 saturated carbocycles. The standard InChI is InChI=1S/C16H19N5S/c1-3-14-20-13-11-17-10-12(2)15(13)21(14)8-5-9-22-16-18-6-4-7-19-16/h4,6-7,10-11H,3,5,8-9H2,1-2H3. The Bertz CT molecular complexity index is 754. The van der Waals surface area contributed by atoms with Crippen LogP contribution in [-0.2, 0) is 13.0 Å². The highest BCUT2D eigenvalue weighted by molar-refractivity contribution is 7.99. The molecule has 0 unspecified atom stereocenters. The van der Waals surface area contributed by atoms with E-state index in [1.807, 2.05) is 18.5 Å². The number of imidazole rings is 1. The second-order valence-electron chi connectivity index (χ2n) is 5.09. The summed E-state index contributed by atoms with van der Waals surface area (Å²) in [5, 5.41) is 0.842. The molecule has 0 spiro atoms. The van der Waals surface area contributed by atoms with Crippen LogP contribution < -0.4 is 0 Å². The Morgan fingerprint density at radius 1 is 1.18 bits per heavy atom. The molecule has 3 rings (SSSR count). The Kier molecular flexibility index (Phi) is 4.68. The smallest absolute Gasteiger partial charge is 0.187 e. The van der Waals surface area contributed by atoms with Gasteiger partial charge in [0.25, 0.3) is 0 Å². The molecule has 0 N–H and O–H groups in total. The summed E-state index contributed by atoms with van der Waals surface area (Å²) in [5.74, 6) is 2.13. The lowest BCUT2D eigenvalue weighted by Crippen LogP contribution is -2.05. The van der Waals surface area contributed by atoms with E-state index in [1.165, 1.54) is 11.1 Å². The van der Waals surface area contributed by atoms with E-state index >= 15 is 0 Å². The van der Waals surface area contributed by atoms with Crippen LogP contribution >= 0.6 is 11.8 Å². The first-order valence-corrected chi connectivity index (χ1v) is 8.47. The molecule has 0 atom stereocenters. The van der Waals surface area contributed by atoms with Crippen LogP contribution in [0.3, 0.4) is 0 Å². The highest BCUT2D eigenvalue weighted by Crippen LogP contribution is 2.21. The van der Waals surface area contributed by atoms with Crippen molar-refractivity contribution in [1.82, 2.24) is 24.5 Å². The largest absolute Gasteiger partial charge is 0.328 e. The molecule has 0 aliphatic heterocycles. The van der Waals surface area contributed by atoms with Gasteiger partial charge in [-0.15, -0.1) is 0 Å². The van der Waals surface area contributed by atoms with Gasteiger partial charge in [0.15, 0.2) is 5.16 Å². The number of hydrogen-bond donors (Lipinski definition) is 0. The molecule has 0 fully saturated rings. The maximum absolute atomic E-state index is 4.70. The van der Waals surface area contributed by atoms with E-state index in [0.717, 1.165) is 41.6 Å². The molecule has 3 aromatic heterocycles. The third-order valence-electron chi connectivity index (χ3n) is 3.53. The van der Waals surface area contributed by atoms with E-state index in [4.69, 9.17) is 4.98 Å². The average Bonchev–Trinajstić information content (AvgIpc) is 2.92. The summed E-state index contributed by atoms with van der Waals surface area (Å²) in [5.41, 5.74) is 3.40. The van der Waals surface area contributed by atoms with Crippen molar-refractivity contribution < 1.29 is 0 Å². The quantitative estimate of drug-likeness (QED) is 0.397. The van der Waals surface area contributed by atoms with Crippen LogP contribution in [0, 0.1) is 6.92 Å². The highest BCUT2D eigenvalue weighted by Gasteiger charge is 2.11. The normalized spacial score (nSPS) is 11.2. The Hall–Kier alpha value is -1.95. The van der Waals surface area contributed by atoms with Crippen molar-refractivity contribution in [3.05, 3.63) is 42.2 Å². The molecule has 114 valence electrons. The summed E-state index contributed by atoms with van der Waals surface area (Å²) < 4.78 is 2.33. The number of thioether (sulfide) groups is 1. The van der Waals surface area contributed by atoms with Crippen LogP contribution in [0.15, 0.2) is 36.0 Å². The van der Waals surface area contributed by atoms with Crippen molar-refractivity contribution in [2.75, 3.05) is 5.75 Å². The van der Waals surface area contributed by atoms with Gasteiger partial charge in [0, 0.05) is 37.3 Å². The third kappa shape index (κ3) is 3.11. The van der Waals surface area contributed by atoms with Crippen LogP contribution in [-0.4, -0.2) is 30.3 Å². The second kappa shape index (κ2) is 6.87. The Balaban J connectivity index is 1.71. The molecule has 0 radical (unpaired) electrons. The zero-order chi connectivity index (χ0) is 15.4. The lowest BCUT2D eigenvalue weighted by Gasteiger charge is -2.09. The number of rotatable bonds is 6. The van der Waals surface area contributed by atoms with Gasteiger partial charge in [0.05, 0.1) is 11.7 Å². The Morgan fingerprint density at radius 2 is 2.00 bits per heavy atom. The summed E-state index contributed by atoms with van der Waals surface area (Å²) in [7, 11) is 0. The minimum Gasteiger partial charge on any atom is -0.328 e. The molecular formula is C16H19N5S. The summed E-state index contributed by atoms with van der Waals surface area (Å²) in [6.07, 6.45) is 9.32. The summed E-state index contributed by atoms with van der Waals surface area (Å²) in [6, 6.07) is 1.84. The van der Waals surface area contributed by atoms with Crippen molar-refractivity contribution in [2.45, 2.75) is 38.4 Å². The number of hydrogen-bond acceptors (Lipinski definition) is 5. The van der Waals surface area contributed by atoms with E-state index in [9.17, 15) is 0 Å². The average molecular weight is 313 g/mol. The number of fused-ring (bicyclic) bond motifs is 1. The van der Waals surface area contributed by atoms with Crippen LogP contribution in [0.5, 0.6) is 0 Å². The van der Waals surface area contributed by atoms with E-state index in [1.54, 1.807) is 24.2 Å². The maximum Gasteiger partial charge on any atom is 0.187 e. The molecule has 0 aromatic carbocycles. The third-order valence-corrected chi connectivity index (χ3v) is 4.49. The van der Waals surface area contributed by atoms with Gasteiger partial charge in [-0.05, 0) is 25.0 Å². The van der Waals surface area contributed by atoms with Gasteiger partial charge >= 0.3 is 0 Å². The molecule has 0 aliphatic carbocycles. The SMILES string of the molecule is CCc1nc2cncc(C)c2n1CCCSc1ncccn1. The number of pyridine rings is 1. The fourth-order valence-corrected chi connectivity index (χ4v) is 3.29. The molecule has 0 amide bonds. The first kappa shape index (κ1) is 15.0. The van der Waals surface area contributed by atoms with Gasteiger partial charge in [0.2, 0.25) is 0 Å². The molecule has 3 aromatic rings. The van der Waals surface area contributed by atoms with Crippen LogP contribution in [0.2, 0.25) is 0 Å². The predicted octanol–water partition coefficient (Wildman–Crippen LogP) is 3.27. The topological polar surface area (TPSA) is 56.5 Å². The first-order valence-electron chi connectivity index (χ1n) is 7.49. The van der Waals surface area contributed by atoms with Gasteiger partial charge in [-0.3, -0.25) is 4.98 Å². The van der Waals surface area contributed by atoms with Crippen molar-refractivity contribution in [3.63, 3.8) is 0 Å². The van der Waals surface area contributed by atoms with E-state index in [0.29, 0.717) is 0 Å². The summed E-state index contributed by atoms with van der Waals surface area (Å²) in [4.78, 5) is 17.4. The van der Waals surface area contributed by atoms with Gasteiger partial charge < -0.3 is 4.57 Å². The second-order valence-corrected chi connectivity index (χ2v) is 6.15. The van der Waals surface area contributed by atoms with Crippen molar-refractivity contribution in [3.8, 4) is 0 Å². The number of nitrogens with zero attached hydrogens (tertiary/aromatic N) is 5. The van der Waals surface area contributed by atoms with Crippen LogP contribution in [0.25, 0.3) is 11.0 Å². The van der Waals surface area contributed by atoms with E-state index in [2.05, 4.69) is 33.4 Å².